The van der Waals surface area contributed by atoms with Crippen molar-refractivity contribution < 1.29 is 224 Å². The Balaban J connectivity index is 1.66. The Morgan fingerprint density at radius 1 is 0.225 bits per heavy atom. The molecule has 2 N–H and O–H groups in total. The smallest absolute Gasteiger partial charge is 0.303 e. The summed E-state index contributed by atoms with van der Waals surface area (Å²) in [7, 11) is 0. The van der Waals surface area contributed by atoms with Gasteiger partial charge in [-0.3, -0.25) is 86.3 Å². The van der Waals surface area contributed by atoms with Gasteiger partial charge >= 0.3 is 101 Å². The highest BCUT2D eigenvalue weighted by Gasteiger charge is 2.64. The number of hydrogen-bond donors (Lipinski definition) is 2. The molecule has 6 fully saturated rings. The van der Waals surface area contributed by atoms with E-state index in [0.29, 0.717) is 0 Å². The maximum Gasteiger partial charge on any atom is 0.303 e. The summed E-state index contributed by atoms with van der Waals surface area (Å²) in [6.07, 6.45) is -60.9. The fraction of sp³-hybridized carbons (Fsp3) is 0.750. The van der Waals surface area contributed by atoms with E-state index in [1.54, 1.807) is 0 Å². The first-order valence-electron chi connectivity index (χ1n) is 37.0. The molecule has 0 aromatic heterocycles. The third-order valence-electron chi connectivity index (χ3n) is 17.5. The molecule has 674 valence electrons. The molecule has 1 unspecified atom stereocenters. The molecule has 48 heteroatoms. The summed E-state index contributed by atoms with van der Waals surface area (Å²) in [5, 5.41) is 13.8. The quantitative estimate of drug-likeness (QED) is 0.0482. The number of nitrogens with one attached hydrogen (secondary N) is 1. The molecule has 0 spiro atoms. The minimum Gasteiger partial charge on any atom is -0.463 e. The van der Waals surface area contributed by atoms with Gasteiger partial charge in [0.25, 0.3) is 0 Å². The summed E-state index contributed by atoms with van der Waals surface area (Å²) in [5.74, 6) is -20.1. The molecule has 6 aliphatic rings. The van der Waals surface area contributed by atoms with E-state index in [2.05, 4.69) is 5.32 Å². The average molecular weight is 1730 g/mol. The third-order valence-corrected chi connectivity index (χ3v) is 17.5. The number of carbonyl (C=O) groups is 18. The maximum atomic E-state index is 14.2. The number of aliphatic hydroxyl groups is 1. The topological polar surface area (TPSA) is 598 Å². The van der Waals surface area contributed by atoms with Gasteiger partial charge in [-0.25, -0.2) is 0 Å². The van der Waals surface area contributed by atoms with Crippen molar-refractivity contribution in [1.82, 2.24) is 5.32 Å². The van der Waals surface area contributed by atoms with Crippen molar-refractivity contribution in [1.29, 1.82) is 0 Å². The summed E-state index contributed by atoms with van der Waals surface area (Å²) in [5.41, 5.74) is 0. The van der Waals surface area contributed by atoms with E-state index >= 15 is 0 Å². The number of aliphatic hydroxyl groups excluding tert-OH is 1. The maximum absolute atomic E-state index is 14.2. The zero-order chi connectivity index (χ0) is 89.8. The second-order valence-electron chi connectivity index (χ2n) is 27.6. The summed E-state index contributed by atoms with van der Waals surface area (Å²) < 4.78 is 167. The predicted octanol–water partition coefficient (Wildman–Crippen LogP) is -3.23. The Bertz CT molecular complexity index is 3700. The van der Waals surface area contributed by atoms with Gasteiger partial charge in [0.05, 0.1) is 6.10 Å². The first-order chi connectivity index (χ1) is 56.1. The molecule has 0 aromatic carbocycles. The summed E-state index contributed by atoms with van der Waals surface area (Å²) in [6, 6.07) is -2.21. The number of ether oxygens (including phenoxy) is 28. The van der Waals surface area contributed by atoms with E-state index in [9.17, 15) is 91.4 Å². The second kappa shape index (κ2) is 45.0. The Labute approximate surface area is 683 Å². The van der Waals surface area contributed by atoms with Crippen molar-refractivity contribution in [3.63, 3.8) is 0 Å². The highest BCUT2D eigenvalue weighted by molar-refractivity contribution is 5.74. The Morgan fingerprint density at radius 2 is 0.442 bits per heavy atom. The van der Waals surface area contributed by atoms with Crippen LogP contribution in [-0.4, -0.2) is 330 Å². The van der Waals surface area contributed by atoms with Crippen LogP contribution in [0.25, 0.3) is 0 Å². The van der Waals surface area contributed by atoms with Crippen LogP contribution in [-0.2, 0) is 219 Å². The Morgan fingerprint density at radius 3 is 0.783 bits per heavy atom. The summed E-state index contributed by atoms with van der Waals surface area (Å²) in [4.78, 5) is 238. The highest BCUT2D eigenvalue weighted by atomic mass is 16.8. The zero-order valence-electron chi connectivity index (χ0n) is 68.6. The molecule has 0 aliphatic carbocycles. The van der Waals surface area contributed by atoms with Crippen LogP contribution in [0.1, 0.15) is 132 Å². The van der Waals surface area contributed by atoms with Crippen molar-refractivity contribution in [3.05, 3.63) is 0 Å². The standard InChI is InChI=1S/C72H99NO47/c1-25-50(99-32(8)80)57(103-36(12)84)63(108-41(17)89)69(98-25)120-66-59(105-38(14)86)52(101-34(10)82)46(22-95-29(5)77)114-72(66)118-56-49(73-26(2)74)68(112-45(21-94-28(4)76)51(56)100-33(9)81)119-61-53(102-35(11)83)47(23-96-30(6)78)113-71(65(61)110-43(19)91)117-55-48(24-97-31(7)79)115-70(64(109-42(18)90)60(55)106-39(15)87)116-54-44(20-93-27(3)75)111-67(92)62(107-40(16)88)58(54)104-37(13)85/h25,44-72,92H,20-24H2,1-19H3,(H,73,74)/t25-,44-,45-,46+,47-,48-,49+,50+,51-,52-,53+,54-,55+,56-,57-,58-,59+,60-,61+,62+,63+,64+,65+,66-,67-,68+,69-,70+,71?,72-/m1/s1. The number of carbonyl (C=O) groups excluding carboxylic acids is 18. The molecule has 6 saturated heterocycles. The Kier molecular flexibility index (Phi) is 37.1. The van der Waals surface area contributed by atoms with Crippen molar-refractivity contribution >= 4 is 107 Å². The van der Waals surface area contributed by atoms with Gasteiger partial charge in [-0.05, 0) is 6.92 Å². The fourth-order valence-electron chi connectivity index (χ4n) is 13.5. The van der Waals surface area contributed by atoms with Crippen LogP contribution in [0, 0.1) is 0 Å². The second-order valence-corrected chi connectivity index (χ2v) is 27.6. The molecule has 30 atom stereocenters. The minimum atomic E-state index is -2.45. The number of hydrogen-bond acceptors (Lipinski definition) is 47. The highest BCUT2D eigenvalue weighted by Crippen LogP contribution is 2.43. The number of rotatable bonds is 33. The fourth-order valence-corrected chi connectivity index (χ4v) is 13.5. The van der Waals surface area contributed by atoms with Crippen molar-refractivity contribution in [2.24, 2.45) is 0 Å². The lowest BCUT2D eigenvalue weighted by Gasteiger charge is -2.52. The SMILES string of the molecule is CC(=O)N[C@@H]1[C@H](O[C@H]2[C@@H](OC(C)=O)[C@@H](COC(C)=O)OC(O[C@@H]3[C@@H](OC(C)=O)[C@H](OC(C)=O)[C@H](O[C@H]4[C@@H](OC(C)=O)[C@H](OC(C)=O)[C@H](O)O[C@@H]4COC(C)=O)O[C@@H]3COC(C)=O)[C@H]2OC(C)=O)O[C@H](COC(C)=O)[C@@H](OC(C)=O)[C@@H]1O[C@H]1O[C@@H](COC(C)=O)[C@@H](OC(C)=O)[C@H](OC(C)=O)[C@H]1O[C@H]1O[C@H](C)[C@H](OC(C)=O)[C@@H](OC(C)=O)[C@@H]1OC(C)=O. The molecule has 6 heterocycles. The molecule has 48 nitrogen and oxygen atoms in total. The lowest BCUT2D eigenvalue weighted by atomic mass is 9.93. The molecular weight excluding hydrogens is 1630 g/mol. The van der Waals surface area contributed by atoms with Crippen molar-refractivity contribution in [3.8, 4) is 0 Å². The van der Waals surface area contributed by atoms with Gasteiger partial charge in [0.15, 0.2) is 117 Å². The molecular formula is C72H99NO47. The molecule has 0 bridgehead atoms. The first kappa shape index (κ1) is 98.8. The summed E-state index contributed by atoms with van der Waals surface area (Å²) >= 11 is 0. The largest absolute Gasteiger partial charge is 0.463 e. The van der Waals surface area contributed by atoms with E-state index in [1.165, 1.54) is 6.92 Å². The zero-order valence-corrected chi connectivity index (χ0v) is 68.6. The van der Waals surface area contributed by atoms with Crippen molar-refractivity contribution in [2.45, 2.75) is 316 Å². The van der Waals surface area contributed by atoms with Gasteiger partial charge in [0.2, 0.25) is 5.91 Å². The van der Waals surface area contributed by atoms with Gasteiger partial charge in [0.1, 0.15) is 94.0 Å². The minimum absolute atomic E-state index is 0.805. The van der Waals surface area contributed by atoms with Gasteiger partial charge < -0.3 is 143 Å². The molecule has 120 heavy (non-hydrogen) atoms. The van der Waals surface area contributed by atoms with Crippen LogP contribution in [0.3, 0.4) is 0 Å². The van der Waals surface area contributed by atoms with E-state index in [0.717, 1.165) is 125 Å². The van der Waals surface area contributed by atoms with Crippen molar-refractivity contribution in [2.75, 3.05) is 33.0 Å². The van der Waals surface area contributed by atoms with Gasteiger partial charge in [-0.15, -0.1) is 0 Å². The van der Waals surface area contributed by atoms with Gasteiger partial charge in [0, 0.05) is 125 Å². The van der Waals surface area contributed by atoms with E-state index in [-0.39, 0.29) is 0 Å². The van der Waals surface area contributed by atoms with Crippen LogP contribution in [0.15, 0.2) is 0 Å². The number of esters is 17. The molecule has 1 amide bonds. The van der Waals surface area contributed by atoms with Gasteiger partial charge in [-0.1, -0.05) is 0 Å². The number of amides is 1. The summed E-state index contributed by atoms with van der Waals surface area (Å²) in [6.45, 7) is 12.5. The van der Waals surface area contributed by atoms with Gasteiger partial charge in [-0.2, -0.15) is 0 Å². The van der Waals surface area contributed by atoms with E-state index in [4.69, 9.17) is 133 Å². The normalized spacial score (nSPS) is 33.9. The first-order valence-corrected chi connectivity index (χ1v) is 37.0. The third kappa shape index (κ3) is 28.8. The molecule has 0 radical (unpaired) electrons. The van der Waals surface area contributed by atoms with Crippen LogP contribution in [0.2, 0.25) is 0 Å². The van der Waals surface area contributed by atoms with E-state index in [1.807, 2.05) is 0 Å². The predicted molar refractivity (Wildman–Crippen MR) is 372 cm³/mol. The molecule has 0 aromatic rings. The molecule has 6 aliphatic heterocycles. The average Bonchev–Trinajstić information content (AvgIpc) is 0.750. The van der Waals surface area contributed by atoms with Crippen LogP contribution in [0.5, 0.6) is 0 Å². The van der Waals surface area contributed by atoms with Crippen LogP contribution < -0.4 is 5.32 Å². The van der Waals surface area contributed by atoms with Crippen LogP contribution >= 0.6 is 0 Å². The Hall–Kier alpha value is -10.0. The molecule has 0 saturated carbocycles. The van der Waals surface area contributed by atoms with E-state index < -0.39 is 325 Å². The van der Waals surface area contributed by atoms with Crippen LogP contribution in [0.4, 0.5) is 0 Å². The lowest BCUT2D eigenvalue weighted by molar-refractivity contribution is -0.393. The molecule has 6 rings (SSSR count). The monoisotopic (exact) mass is 1730 g/mol. The lowest BCUT2D eigenvalue weighted by Crippen LogP contribution is -2.72.